The maximum absolute atomic E-state index is 10.8. The van der Waals surface area contributed by atoms with Gasteiger partial charge in [-0.1, -0.05) is 6.92 Å². The Labute approximate surface area is 132 Å². The minimum atomic E-state index is -0.409. The summed E-state index contributed by atoms with van der Waals surface area (Å²) in [5.41, 5.74) is 0.0261. The van der Waals surface area contributed by atoms with Gasteiger partial charge in [-0.05, 0) is 41.7 Å². The maximum Gasteiger partial charge on any atom is 0.288 e. The predicted octanol–water partition coefficient (Wildman–Crippen LogP) is 2.82. The standard InChI is InChI=1S/C14H19BrN4O2/c1-2-10-8-17-5-3-4-11(17)9-18(10)14-13(15)6-12(7-16-14)19(20)21/h6-7,10-11H,2-5,8-9H2,1H3. The molecule has 2 atom stereocenters. The van der Waals surface area contributed by atoms with Gasteiger partial charge in [0, 0.05) is 31.2 Å². The van der Waals surface area contributed by atoms with Gasteiger partial charge in [0.15, 0.2) is 0 Å². The predicted molar refractivity (Wildman–Crippen MR) is 84.6 cm³/mol. The van der Waals surface area contributed by atoms with Crippen molar-refractivity contribution in [1.29, 1.82) is 0 Å². The molecule has 3 rings (SSSR count). The summed E-state index contributed by atoms with van der Waals surface area (Å²) in [6.45, 7) is 5.41. The second-order valence-electron chi connectivity index (χ2n) is 5.76. The molecule has 2 saturated heterocycles. The molecule has 1 aromatic rings. The van der Waals surface area contributed by atoms with Crippen LogP contribution in [0.2, 0.25) is 0 Å². The SMILES string of the molecule is CCC1CN2CCCC2CN1c1ncc([N+](=O)[O-])cc1Br. The molecule has 3 heterocycles. The number of rotatable bonds is 3. The van der Waals surface area contributed by atoms with Crippen LogP contribution in [0.25, 0.3) is 0 Å². The Kier molecular flexibility index (Phi) is 4.12. The Balaban J connectivity index is 1.88. The van der Waals surface area contributed by atoms with Crippen molar-refractivity contribution in [3.8, 4) is 0 Å². The van der Waals surface area contributed by atoms with Crippen LogP contribution in [0.1, 0.15) is 26.2 Å². The zero-order valence-corrected chi connectivity index (χ0v) is 13.6. The quantitative estimate of drug-likeness (QED) is 0.616. The fraction of sp³-hybridized carbons (Fsp3) is 0.643. The molecular weight excluding hydrogens is 336 g/mol. The third-order valence-electron chi connectivity index (χ3n) is 4.55. The van der Waals surface area contributed by atoms with Gasteiger partial charge in [0.2, 0.25) is 0 Å². The van der Waals surface area contributed by atoms with Crippen molar-refractivity contribution in [3.63, 3.8) is 0 Å². The zero-order valence-electron chi connectivity index (χ0n) is 12.0. The number of pyridine rings is 1. The van der Waals surface area contributed by atoms with E-state index in [0.717, 1.165) is 25.3 Å². The first-order chi connectivity index (χ1) is 10.1. The Hall–Kier alpha value is -1.21. The van der Waals surface area contributed by atoms with Crippen LogP contribution >= 0.6 is 15.9 Å². The highest BCUT2D eigenvalue weighted by molar-refractivity contribution is 9.10. The van der Waals surface area contributed by atoms with Gasteiger partial charge >= 0.3 is 0 Å². The molecule has 0 aromatic carbocycles. The van der Waals surface area contributed by atoms with Crippen LogP contribution in [0, 0.1) is 10.1 Å². The number of hydrogen-bond donors (Lipinski definition) is 0. The van der Waals surface area contributed by atoms with E-state index in [4.69, 9.17) is 0 Å². The van der Waals surface area contributed by atoms with Gasteiger partial charge in [0.25, 0.3) is 5.69 Å². The monoisotopic (exact) mass is 354 g/mol. The first kappa shape index (κ1) is 14.7. The number of nitrogens with zero attached hydrogens (tertiary/aromatic N) is 4. The Bertz CT molecular complexity index is 554. The van der Waals surface area contributed by atoms with Gasteiger partial charge in [-0.25, -0.2) is 4.98 Å². The zero-order chi connectivity index (χ0) is 15.0. The van der Waals surface area contributed by atoms with Gasteiger partial charge in [0.1, 0.15) is 12.0 Å². The van der Waals surface area contributed by atoms with E-state index in [0.29, 0.717) is 16.6 Å². The maximum atomic E-state index is 10.8. The molecule has 0 radical (unpaired) electrons. The van der Waals surface area contributed by atoms with Crippen molar-refractivity contribution in [3.05, 3.63) is 26.9 Å². The van der Waals surface area contributed by atoms with E-state index in [1.54, 1.807) is 6.07 Å². The smallest absolute Gasteiger partial charge is 0.288 e. The van der Waals surface area contributed by atoms with Gasteiger partial charge < -0.3 is 4.90 Å². The third kappa shape index (κ3) is 2.76. The third-order valence-corrected chi connectivity index (χ3v) is 5.14. The Morgan fingerprint density at radius 2 is 2.33 bits per heavy atom. The molecule has 114 valence electrons. The minimum absolute atomic E-state index is 0.0261. The first-order valence-corrected chi connectivity index (χ1v) is 8.20. The molecule has 7 heteroatoms. The second-order valence-corrected chi connectivity index (χ2v) is 6.62. The highest BCUT2D eigenvalue weighted by Crippen LogP contribution is 2.34. The Morgan fingerprint density at radius 1 is 1.52 bits per heavy atom. The molecule has 2 fully saturated rings. The number of nitro groups is 1. The molecule has 2 aliphatic heterocycles. The van der Waals surface area contributed by atoms with Crippen LogP contribution in [-0.2, 0) is 0 Å². The first-order valence-electron chi connectivity index (χ1n) is 7.40. The summed E-state index contributed by atoms with van der Waals surface area (Å²) in [5.74, 6) is 0.832. The van der Waals surface area contributed by atoms with E-state index >= 15 is 0 Å². The van der Waals surface area contributed by atoms with Crippen LogP contribution in [0.3, 0.4) is 0 Å². The van der Waals surface area contributed by atoms with Crippen LogP contribution in [-0.4, -0.2) is 46.5 Å². The molecule has 2 unspecified atom stereocenters. The summed E-state index contributed by atoms with van der Waals surface area (Å²) in [7, 11) is 0. The van der Waals surface area contributed by atoms with Gasteiger partial charge in [-0.15, -0.1) is 0 Å². The van der Waals surface area contributed by atoms with Crippen molar-refractivity contribution in [2.75, 3.05) is 24.5 Å². The number of piperazine rings is 1. The van der Waals surface area contributed by atoms with Crippen molar-refractivity contribution in [1.82, 2.24) is 9.88 Å². The summed E-state index contributed by atoms with van der Waals surface area (Å²) in [4.78, 5) is 19.7. The van der Waals surface area contributed by atoms with E-state index in [1.807, 2.05) is 0 Å². The lowest BCUT2D eigenvalue weighted by molar-refractivity contribution is -0.385. The van der Waals surface area contributed by atoms with E-state index < -0.39 is 4.92 Å². The molecule has 0 spiro atoms. The van der Waals surface area contributed by atoms with Crippen molar-refractivity contribution < 1.29 is 4.92 Å². The number of hydrogen-bond acceptors (Lipinski definition) is 5. The largest absolute Gasteiger partial charge is 0.350 e. The van der Waals surface area contributed by atoms with Crippen LogP contribution in [0.15, 0.2) is 16.7 Å². The van der Waals surface area contributed by atoms with Gasteiger partial charge in [-0.3, -0.25) is 15.0 Å². The van der Waals surface area contributed by atoms with Gasteiger partial charge in [-0.2, -0.15) is 0 Å². The average Bonchev–Trinajstić information content (AvgIpc) is 2.92. The van der Waals surface area contributed by atoms with Crippen molar-refractivity contribution in [2.24, 2.45) is 0 Å². The van der Waals surface area contributed by atoms with E-state index in [9.17, 15) is 10.1 Å². The fourth-order valence-corrected chi connectivity index (χ4v) is 3.99. The molecule has 0 amide bonds. The lowest BCUT2D eigenvalue weighted by Gasteiger charge is -2.44. The number of fused-ring (bicyclic) bond motifs is 1. The van der Waals surface area contributed by atoms with E-state index in [2.05, 4.69) is 37.6 Å². The van der Waals surface area contributed by atoms with E-state index in [-0.39, 0.29) is 5.69 Å². The molecular formula is C14H19BrN4O2. The highest BCUT2D eigenvalue weighted by Gasteiger charge is 2.36. The fourth-order valence-electron chi connectivity index (χ4n) is 3.43. The molecule has 0 aliphatic carbocycles. The molecule has 6 nitrogen and oxygen atoms in total. The summed E-state index contributed by atoms with van der Waals surface area (Å²) in [6.07, 6.45) is 4.91. The average molecular weight is 355 g/mol. The molecule has 0 saturated carbocycles. The highest BCUT2D eigenvalue weighted by atomic mass is 79.9. The summed E-state index contributed by atoms with van der Waals surface area (Å²) in [5, 5.41) is 10.8. The summed E-state index contributed by atoms with van der Waals surface area (Å²) in [6, 6.07) is 2.57. The second kappa shape index (κ2) is 5.88. The number of halogens is 1. The lowest BCUT2D eigenvalue weighted by Crippen LogP contribution is -2.56. The summed E-state index contributed by atoms with van der Waals surface area (Å²) >= 11 is 3.46. The van der Waals surface area contributed by atoms with Gasteiger partial charge in [0.05, 0.1) is 9.40 Å². The normalized spacial score (nSPS) is 25.9. The molecule has 2 aliphatic rings. The lowest BCUT2D eigenvalue weighted by atomic mass is 10.1. The minimum Gasteiger partial charge on any atom is -0.350 e. The topological polar surface area (TPSA) is 62.5 Å². The van der Waals surface area contributed by atoms with E-state index in [1.165, 1.54) is 25.6 Å². The van der Waals surface area contributed by atoms with Crippen molar-refractivity contribution >= 4 is 27.4 Å². The van der Waals surface area contributed by atoms with Crippen molar-refractivity contribution in [2.45, 2.75) is 38.3 Å². The number of anilines is 1. The molecule has 0 bridgehead atoms. The van der Waals surface area contributed by atoms with Crippen LogP contribution < -0.4 is 4.90 Å². The molecule has 21 heavy (non-hydrogen) atoms. The van der Waals surface area contributed by atoms with Crippen LogP contribution in [0.5, 0.6) is 0 Å². The van der Waals surface area contributed by atoms with Crippen LogP contribution in [0.4, 0.5) is 11.5 Å². The molecule has 0 N–H and O–H groups in total. The number of aromatic nitrogens is 1. The summed E-state index contributed by atoms with van der Waals surface area (Å²) < 4.78 is 0.710. The molecule has 1 aromatic heterocycles. The Morgan fingerprint density at radius 3 is 3.00 bits per heavy atom.